The number of ether oxygens (including phenoxy) is 1. The molecular formula is C31H45N3O2. The molecule has 2 aromatic rings. The predicted octanol–water partition coefficient (Wildman–Crippen LogP) is 6.62. The van der Waals surface area contributed by atoms with Crippen LogP contribution >= 0.6 is 0 Å². The average molecular weight is 492 g/mol. The highest BCUT2D eigenvalue weighted by atomic mass is 16.5. The molecule has 5 nitrogen and oxygen atoms in total. The van der Waals surface area contributed by atoms with Gasteiger partial charge in [-0.1, -0.05) is 26.3 Å². The summed E-state index contributed by atoms with van der Waals surface area (Å²) in [7, 11) is 0. The molecule has 0 saturated heterocycles. The first-order valence-electron chi connectivity index (χ1n) is 14.8. The second-order valence-electron chi connectivity index (χ2n) is 13.3. The number of nitrogens with zero attached hydrogens (tertiary/aromatic N) is 3. The molecule has 196 valence electrons. The maximum Gasteiger partial charge on any atom is 0.159 e. The van der Waals surface area contributed by atoms with Crippen molar-refractivity contribution >= 4 is 16.8 Å². The first-order valence-corrected chi connectivity index (χ1v) is 14.8. The lowest BCUT2D eigenvalue weighted by Crippen LogP contribution is -2.56. The zero-order chi connectivity index (χ0) is 25.1. The summed E-state index contributed by atoms with van der Waals surface area (Å²) >= 11 is 0. The highest BCUT2D eigenvalue weighted by molar-refractivity contribution is 5.82. The van der Waals surface area contributed by atoms with E-state index in [1.807, 2.05) is 6.07 Å². The van der Waals surface area contributed by atoms with Crippen LogP contribution in [0, 0.1) is 53.3 Å². The molecule has 5 heteroatoms. The van der Waals surface area contributed by atoms with Crippen LogP contribution in [0.25, 0.3) is 11.0 Å². The number of aryl methyl sites for hydroxylation is 1. The molecule has 3 unspecified atom stereocenters. The van der Waals surface area contributed by atoms with Crippen LogP contribution in [-0.4, -0.2) is 34.0 Å². The normalized spacial score (nSPS) is 40.0. The lowest BCUT2D eigenvalue weighted by Gasteiger charge is -2.62. The number of hydrogen-bond donors (Lipinski definition) is 0. The van der Waals surface area contributed by atoms with Gasteiger partial charge in [0.05, 0.1) is 6.61 Å². The van der Waals surface area contributed by atoms with Crippen LogP contribution in [0.2, 0.25) is 0 Å². The Morgan fingerprint density at radius 3 is 2.72 bits per heavy atom. The lowest BCUT2D eigenvalue weighted by atomic mass is 9.44. The van der Waals surface area contributed by atoms with Crippen molar-refractivity contribution in [2.24, 2.45) is 46.3 Å². The van der Waals surface area contributed by atoms with E-state index in [1.54, 1.807) is 4.80 Å². The largest absolute Gasteiger partial charge is 0.381 e. The molecule has 1 heterocycles. The van der Waals surface area contributed by atoms with Crippen molar-refractivity contribution in [1.82, 2.24) is 15.0 Å². The molecule has 1 aromatic carbocycles. The summed E-state index contributed by atoms with van der Waals surface area (Å²) in [5.74, 6) is 4.41. The highest BCUT2D eigenvalue weighted by Gasteiger charge is 2.62. The highest BCUT2D eigenvalue weighted by Crippen LogP contribution is 2.68. The summed E-state index contributed by atoms with van der Waals surface area (Å²) in [5, 5.41) is 9.25. The topological polar surface area (TPSA) is 57.0 Å². The third kappa shape index (κ3) is 3.87. The second kappa shape index (κ2) is 9.22. The number of carbonyl (C=O) groups excluding carboxylic acids is 1. The quantitative estimate of drug-likeness (QED) is 0.456. The molecule has 0 amide bonds. The Hall–Kier alpha value is -1.75. The van der Waals surface area contributed by atoms with Crippen LogP contribution in [0.1, 0.15) is 84.1 Å². The Bertz CT molecular complexity index is 1120. The summed E-state index contributed by atoms with van der Waals surface area (Å²) in [6, 6.07) is 6.12. The van der Waals surface area contributed by atoms with E-state index in [1.165, 1.54) is 56.9 Å². The Morgan fingerprint density at radius 1 is 1.06 bits per heavy atom. The number of rotatable bonds is 6. The zero-order valence-corrected chi connectivity index (χ0v) is 22.8. The van der Waals surface area contributed by atoms with E-state index < -0.39 is 0 Å². The summed E-state index contributed by atoms with van der Waals surface area (Å²) in [4.78, 5) is 15.4. The predicted molar refractivity (Wildman–Crippen MR) is 142 cm³/mol. The van der Waals surface area contributed by atoms with Crippen LogP contribution in [0.3, 0.4) is 0 Å². The van der Waals surface area contributed by atoms with Gasteiger partial charge in [0.1, 0.15) is 17.6 Å². The minimum absolute atomic E-state index is 0.128. The maximum atomic E-state index is 13.7. The molecule has 0 aliphatic heterocycles. The monoisotopic (exact) mass is 491 g/mol. The van der Waals surface area contributed by atoms with E-state index in [4.69, 9.17) is 4.74 Å². The summed E-state index contributed by atoms with van der Waals surface area (Å²) in [6.07, 6.45) is 11.6. The van der Waals surface area contributed by atoms with Gasteiger partial charge in [-0.05, 0) is 123 Å². The molecule has 0 radical (unpaired) electrons. The lowest BCUT2D eigenvalue weighted by molar-refractivity contribution is -0.158. The van der Waals surface area contributed by atoms with E-state index in [9.17, 15) is 4.79 Å². The first-order chi connectivity index (χ1) is 17.3. The molecule has 4 aliphatic carbocycles. The van der Waals surface area contributed by atoms with Gasteiger partial charge in [0.15, 0.2) is 5.78 Å². The Balaban J connectivity index is 1.22. The smallest absolute Gasteiger partial charge is 0.159 e. The third-order valence-electron chi connectivity index (χ3n) is 11.5. The van der Waals surface area contributed by atoms with Crippen molar-refractivity contribution in [3.05, 3.63) is 23.8 Å². The molecule has 0 N–H and O–H groups in total. The fraction of sp³-hybridized carbons (Fsp3) is 0.774. The van der Waals surface area contributed by atoms with Gasteiger partial charge in [0.25, 0.3) is 0 Å². The van der Waals surface area contributed by atoms with Gasteiger partial charge in [-0.3, -0.25) is 4.79 Å². The fourth-order valence-electron chi connectivity index (χ4n) is 9.76. The zero-order valence-electron chi connectivity index (χ0n) is 22.8. The van der Waals surface area contributed by atoms with Crippen molar-refractivity contribution in [1.29, 1.82) is 0 Å². The molecule has 0 spiro atoms. The van der Waals surface area contributed by atoms with Gasteiger partial charge in [-0.2, -0.15) is 15.0 Å². The number of fused-ring (bicyclic) bond motifs is 6. The molecule has 1 aromatic heterocycles. The van der Waals surface area contributed by atoms with Crippen molar-refractivity contribution in [3.8, 4) is 0 Å². The number of hydrogen-bond acceptors (Lipinski definition) is 4. The van der Waals surface area contributed by atoms with Gasteiger partial charge in [-0.25, -0.2) is 0 Å². The van der Waals surface area contributed by atoms with Crippen LogP contribution in [0.4, 0.5) is 0 Å². The molecule has 36 heavy (non-hydrogen) atoms. The minimum atomic E-state index is 0.128. The van der Waals surface area contributed by atoms with E-state index >= 15 is 0 Å². The first kappa shape index (κ1) is 24.6. The van der Waals surface area contributed by atoms with E-state index in [0.29, 0.717) is 23.7 Å². The van der Waals surface area contributed by atoms with Crippen LogP contribution in [-0.2, 0) is 16.1 Å². The molecule has 4 saturated carbocycles. The molecule has 6 rings (SSSR count). The van der Waals surface area contributed by atoms with Crippen molar-refractivity contribution in [3.63, 3.8) is 0 Å². The number of carbonyl (C=O) groups is 1. The van der Waals surface area contributed by atoms with Crippen LogP contribution in [0.15, 0.2) is 18.2 Å². The third-order valence-corrected chi connectivity index (χ3v) is 11.5. The average Bonchev–Trinajstić information content (AvgIpc) is 3.42. The van der Waals surface area contributed by atoms with Gasteiger partial charge < -0.3 is 4.74 Å². The van der Waals surface area contributed by atoms with E-state index in [-0.39, 0.29) is 11.3 Å². The van der Waals surface area contributed by atoms with Crippen LogP contribution < -0.4 is 0 Å². The van der Waals surface area contributed by atoms with Gasteiger partial charge >= 0.3 is 0 Å². The fourth-order valence-corrected chi connectivity index (χ4v) is 9.76. The van der Waals surface area contributed by atoms with Crippen molar-refractivity contribution < 1.29 is 9.53 Å². The van der Waals surface area contributed by atoms with E-state index in [2.05, 4.69) is 50.0 Å². The summed E-state index contributed by atoms with van der Waals surface area (Å²) in [6.45, 7) is 11.2. The number of ketones is 1. The Kier molecular flexibility index (Phi) is 6.29. The SMILES string of the molecule is CCOC[C@]12CC[C@H](C)CC1CC[C@@H]1C2CC[C@@]2(C)C1CC[C@@H]2C(=O)Cn1nc2ccc(C)cc2n1. The van der Waals surface area contributed by atoms with Crippen molar-refractivity contribution in [2.45, 2.75) is 92.0 Å². The standard InChI is InChI=1S/C31H45N3O2/c1-5-36-19-31-15-12-21(3)16-22(31)7-8-23-24-9-10-26(30(24,4)14-13-25(23)31)29(35)18-34-32-27-11-6-20(2)17-28(27)33-34/h6,11,17,21-26H,5,7-10,12-16,18-19H2,1-4H3/t21-,22?,23-,24?,25?,26+,30-,31+/m0/s1. The minimum Gasteiger partial charge on any atom is -0.381 e. The number of Topliss-reactive ketones (excluding diaryl/α,β-unsaturated/α-hetero) is 1. The summed E-state index contributed by atoms with van der Waals surface area (Å²) in [5.41, 5.74) is 3.45. The Morgan fingerprint density at radius 2 is 1.89 bits per heavy atom. The molecule has 0 bridgehead atoms. The second-order valence-corrected chi connectivity index (χ2v) is 13.3. The summed E-state index contributed by atoms with van der Waals surface area (Å²) < 4.78 is 6.24. The molecule has 4 fully saturated rings. The molecule has 8 atom stereocenters. The van der Waals surface area contributed by atoms with Crippen LogP contribution in [0.5, 0.6) is 0 Å². The molecule has 4 aliphatic rings. The van der Waals surface area contributed by atoms with Gasteiger partial charge in [-0.15, -0.1) is 0 Å². The van der Waals surface area contributed by atoms with Gasteiger partial charge in [0.2, 0.25) is 0 Å². The van der Waals surface area contributed by atoms with Crippen molar-refractivity contribution in [2.75, 3.05) is 13.2 Å². The van der Waals surface area contributed by atoms with E-state index in [0.717, 1.165) is 54.3 Å². The van der Waals surface area contributed by atoms with Gasteiger partial charge in [0, 0.05) is 12.5 Å². The molecular weight excluding hydrogens is 446 g/mol. The number of benzene rings is 1. The number of aromatic nitrogens is 3. The maximum absolute atomic E-state index is 13.7. The Labute approximate surface area is 216 Å².